The van der Waals surface area contributed by atoms with Crippen molar-refractivity contribution < 1.29 is 4.79 Å². The summed E-state index contributed by atoms with van der Waals surface area (Å²) in [5, 5.41) is 2.87. The van der Waals surface area contributed by atoms with Gasteiger partial charge in [-0.15, -0.1) is 0 Å². The normalized spacial score (nSPS) is 15.3. The molecule has 0 saturated heterocycles. The number of amides is 1. The van der Waals surface area contributed by atoms with Gasteiger partial charge in [-0.1, -0.05) is 40.2 Å². The second-order valence-electron chi connectivity index (χ2n) is 5.43. The lowest BCUT2D eigenvalue weighted by molar-refractivity contribution is 0.0946. The summed E-state index contributed by atoms with van der Waals surface area (Å²) in [4.78, 5) is 11.9. The van der Waals surface area contributed by atoms with Crippen LogP contribution in [0.2, 0.25) is 0 Å². The number of fused-ring (bicyclic) bond motifs is 1. The molecule has 0 saturated carbocycles. The first-order chi connectivity index (χ1) is 10.1. The van der Waals surface area contributed by atoms with Crippen LogP contribution >= 0.6 is 15.9 Å². The fourth-order valence-corrected chi connectivity index (χ4v) is 3.43. The third kappa shape index (κ3) is 2.74. The van der Waals surface area contributed by atoms with E-state index in [1.807, 2.05) is 37.3 Å². The van der Waals surface area contributed by atoms with Crippen molar-refractivity contribution in [3.63, 3.8) is 0 Å². The van der Waals surface area contributed by atoms with Gasteiger partial charge in [0.05, 0.1) is 6.04 Å². The van der Waals surface area contributed by atoms with Crippen molar-refractivity contribution in [2.45, 2.75) is 19.4 Å². The predicted molar refractivity (Wildman–Crippen MR) is 87.4 cm³/mol. The molecule has 21 heavy (non-hydrogen) atoms. The van der Waals surface area contributed by atoms with E-state index in [9.17, 15) is 4.79 Å². The lowest BCUT2D eigenvalue weighted by Gasteiger charge is -2.20. The van der Waals surface area contributed by atoms with Crippen molar-refractivity contribution in [2.75, 3.05) is 6.54 Å². The summed E-state index contributed by atoms with van der Waals surface area (Å²) in [7, 11) is 0. The highest BCUT2D eigenvalue weighted by Gasteiger charge is 2.19. The van der Waals surface area contributed by atoms with Gasteiger partial charge in [0.1, 0.15) is 0 Å². The number of nitrogens with two attached hydrogens (primary N) is 1. The molecule has 4 heteroatoms. The summed E-state index contributed by atoms with van der Waals surface area (Å²) >= 11 is 3.57. The Morgan fingerprint density at radius 2 is 2.05 bits per heavy atom. The average Bonchev–Trinajstić information content (AvgIpc) is 2.47. The molecule has 1 unspecified atom stereocenters. The molecule has 1 heterocycles. The van der Waals surface area contributed by atoms with Gasteiger partial charge >= 0.3 is 0 Å². The van der Waals surface area contributed by atoms with E-state index >= 15 is 0 Å². The Balaban J connectivity index is 2.00. The second kappa shape index (κ2) is 5.62. The Morgan fingerprint density at radius 3 is 2.81 bits per heavy atom. The summed E-state index contributed by atoms with van der Waals surface area (Å²) in [6.07, 6.45) is 0.880. The molecule has 3 nitrogen and oxygen atoms in total. The minimum absolute atomic E-state index is 0.00623. The number of hydrogen-bond acceptors (Lipinski definition) is 2. The van der Waals surface area contributed by atoms with Crippen molar-refractivity contribution in [2.24, 2.45) is 5.73 Å². The van der Waals surface area contributed by atoms with E-state index in [1.54, 1.807) is 0 Å². The molecule has 0 spiro atoms. The van der Waals surface area contributed by atoms with Gasteiger partial charge in [-0.25, -0.2) is 0 Å². The van der Waals surface area contributed by atoms with Crippen molar-refractivity contribution in [1.82, 2.24) is 5.32 Å². The second-order valence-corrected chi connectivity index (χ2v) is 6.28. The molecule has 1 amide bonds. The van der Waals surface area contributed by atoms with E-state index < -0.39 is 0 Å². The van der Waals surface area contributed by atoms with Crippen molar-refractivity contribution in [3.8, 4) is 0 Å². The third-order valence-electron chi connectivity index (χ3n) is 3.91. The third-order valence-corrected chi connectivity index (χ3v) is 4.60. The maximum absolute atomic E-state index is 11.9. The number of carbonyl (C=O) groups is 1. The molecule has 3 rings (SSSR count). The van der Waals surface area contributed by atoms with Gasteiger partial charge in [0.25, 0.3) is 5.91 Å². The molecule has 0 radical (unpaired) electrons. The first-order valence-electron chi connectivity index (χ1n) is 6.99. The Labute approximate surface area is 132 Å². The Morgan fingerprint density at radius 1 is 1.24 bits per heavy atom. The van der Waals surface area contributed by atoms with Gasteiger partial charge in [0, 0.05) is 16.6 Å². The molecule has 0 aromatic heterocycles. The Bertz CT molecular complexity index is 712. The lowest BCUT2D eigenvalue weighted by atomic mass is 9.92. The molecule has 2 aromatic carbocycles. The van der Waals surface area contributed by atoms with Crippen LogP contribution in [0.15, 0.2) is 40.9 Å². The van der Waals surface area contributed by atoms with Crippen molar-refractivity contribution in [1.29, 1.82) is 0 Å². The van der Waals surface area contributed by atoms with Crippen LogP contribution in [0, 0.1) is 6.92 Å². The summed E-state index contributed by atoms with van der Waals surface area (Å²) < 4.78 is 0.997. The average molecular weight is 345 g/mol. The van der Waals surface area contributed by atoms with Crippen LogP contribution in [0.4, 0.5) is 0 Å². The molecular formula is C17H17BrN2O. The SMILES string of the molecule is Cc1ccc(C(N)c2ccc3c(c2)C(=O)NCC3)c(Br)c1. The Kier molecular flexibility index (Phi) is 3.83. The molecular weight excluding hydrogens is 328 g/mol. The summed E-state index contributed by atoms with van der Waals surface area (Å²) in [5.74, 6) is -0.00623. The van der Waals surface area contributed by atoms with Crippen molar-refractivity contribution in [3.05, 3.63) is 68.7 Å². The number of halogens is 1. The molecule has 0 fully saturated rings. The molecule has 1 aliphatic rings. The van der Waals surface area contributed by atoms with E-state index in [2.05, 4.69) is 27.3 Å². The minimum atomic E-state index is -0.250. The fourth-order valence-electron chi connectivity index (χ4n) is 2.69. The quantitative estimate of drug-likeness (QED) is 0.879. The van der Waals surface area contributed by atoms with Crippen LogP contribution in [0.5, 0.6) is 0 Å². The zero-order valence-corrected chi connectivity index (χ0v) is 13.4. The van der Waals surface area contributed by atoms with Crippen LogP contribution in [-0.2, 0) is 6.42 Å². The maximum Gasteiger partial charge on any atom is 0.251 e. The van der Waals surface area contributed by atoms with Crippen LogP contribution in [0.3, 0.4) is 0 Å². The van der Waals surface area contributed by atoms with Gasteiger partial charge in [0.15, 0.2) is 0 Å². The van der Waals surface area contributed by atoms with Gasteiger partial charge in [0.2, 0.25) is 0 Å². The summed E-state index contributed by atoms with van der Waals surface area (Å²) in [6, 6.07) is 11.8. The predicted octanol–water partition coefficient (Wildman–Crippen LogP) is 3.09. The van der Waals surface area contributed by atoms with E-state index in [4.69, 9.17) is 5.73 Å². The van der Waals surface area contributed by atoms with E-state index in [0.29, 0.717) is 6.54 Å². The molecule has 1 aliphatic heterocycles. The van der Waals surface area contributed by atoms with Gasteiger partial charge in [-0.05, 0) is 47.7 Å². The highest BCUT2D eigenvalue weighted by molar-refractivity contribution is 9.10. The summed E-state index contributed by atoms with van der Waals surface area (Å²) in [6.45, 7) is 2.75. The minimum Gasteiger partial charge on any atom is -0.352 e. The van der Waals surface area contributed by atoms with Crippen LogP contribution in [-0.4, -0.2) is 12.5 Å². The molecule has 3 N–H and O–H groups in total. The summed E-state index contributed by atoms with van der Waals surface area (Å²) in [5.41, 5.74) is 11.4. The highest BCUT2D eigenvalue weighted by Crippen LogP contribution is 2.29. The van der Waals surface area contributed by atoms with E-state index in [1.165, 1.54) is 5.56 Å². The van der Waals surface area contributed by atoms with Crippen LogP contribution in [0.25, 0.3) is 0 Å². The largest absolute Gasteiger partial charge is 0.352 e. The lowest BCUT2D eigenvalue weighted by Crippen LogP contribution is -2.32. The van der Waals surface area contributed by atoms with Crippen LogP contribution < -0.4 is 11.1 Å². The Hall–Kier alpha value is -1.65. The first kappa shape index (κ1) is 14.3. The molecule has 0 aliphatic carbocycles. The van der Waals surface area contributed by atoms with Gasteiger partial charge in [-0.3, -0.25) is 4.79 Å². The molecule has 108 valence electrons. The number of nitrogens with one attached hydrogen (secondary N) is 1. The number of benzene rings is 2. The van der Waals surface area contributed by atoms with Crippen molar-refractivity contribution >= 4 is 21.8 Å². The van der Waals surface area contributed by atoms with E-state index in [0.717, 1.165) is 33.1 Å². The highest BCUT2D eigenvalue weighted by atomic mass is 79.9. The maximum atomic E-state index is 11.9. The number of carbonyl (C=O) groups excluding carboxylic acids is 1. The van der Waals surface area contributed by atoms with E-state index in [-0.39, 0.29) is 11.9 Å². The first-order valence-corrected chi connectivity index (χ1v) is 7.78. The molecule has 1 atom stereocenters. The zero-order chi connectivity index (χ0) is 15.0. The molecule has 0 bridgehead atoms. The van der Waals surface area contributed by atoms with Gasteiger partial charge in [-0.2, -0.15) is 0 Å². The standard InChI is InChI=1S/C17H17BrN2O/c1-10-2-5-13(15(18)8-10)16(19)12-4-3-11-6-7-20-17(21)14(11)9-12/h2-5,8-9,16H,6-7,19H2,1H3,(H,20,21). The van der Waals surface area contributed by atoms with Gasteiger partial charge < -0.3 is 11.1 Å². The van der Waals surface area contributed by atoms with Crippen LogP contribution in [0.1, 0.15) is 38.7 Å². The smallest absolute Gasteiger partial charge is 0.251 e. The fraction of sp³-hybridized carbons (Fsp3) is 0.235. The topological polar surface area (TPSA) is 55.1 Å². The monoisotopic (exact) mass is 344 g/mol. The zero-order valence-electron chi connectivity index (χ0n) is 11.8. The number of hydrogen-bond donors (Lipinski definition) is 2. The number of aryl methyl sites for hydroxylation is 1. The number of rotatable bonds is 2. The molecule has 2 aromatic rings.